The smallest absolute Gasteiger partial charge is 0.0646 e. The van der Waals surface area contributed by atoms with Gasteiger partial charge in [0.05, 0.1) is 5.69 Å². The minimum absolute atomic E-state index is 0.205. The molecule has 0 aliphatic rings. The van der Waals surface area contributed by atoms with Crippen LogP contribution in [0.15, 0.2) is 18.3 Å². The first-order valence-electron chi connectivity index (χ1n) is 4.70. The van der Waals surface area contributed by atoms with Crippen molar-refractivity contribution in [3.05, 3.63) is 24.0 Å². The molecule has 1 aromatic rings. The lowest BCUT2D eigenvalue weighted by Crippen LogP contribution is -2.25. The third-order valence-electron chi connectivity index (χ3n) is 1.87. The molecule has 0 saturated heterocycles. The monoisotopic (exact) mass is 179 g/mol. The molecule has 1 heterocycles. The molecule has 0 saturated carbocycles. The molecule has 0 radical (unpaired) electrons. The van der Waals surface area contributed by atoms with Gasteiger partial charge in [0.2, 0.25) is 0 Å². The van der Waals surface area contributed by atoms with E-state index in [0.717, 1.165) is 18.5 Å². The second-order valence-electron chi connectivity index (χ2n) is 3.81. The van der Waals surface area contributed by atoms with E-state index in [0.29, 0.717) is 5.92 Å². The molecule has 1 atom stereocenters. The Balaban J connectivity index is 2.41. The lowest BCUT2D eigenvalue weighted by molar-refractivity contribution is 0.489. The van der Waals surface area contributed by atoms with E-state index in [1.165, 1.54) is 0 Å². The van der Waals surface area contributed by atoms with E-state index >= 15 is 0 Å². The molecule has 0 fully saturated rings. The number of nitrogens with two attached hydrogens (primary N) is 1. The summed E-state index contributed by atoms with van der Waals surface area (Å²) < 4.78 is 0. The SMILES string of the molecule is CC(C)CC(N)Cc1cccnn1. The van der Waals surface area contributed by atoms with Gasteiger partial charge in [0.15, 0.2) is 0 Å². The Hall–Kier alpha value is -0.960. The van der Waals surface area contributed by atoms with Crippen molar-refractivity contribution in [1.29, 1.82) is 0 Å². The van der Waals surface area contributed by atoms with Gasteiger partial charge in [-0.05, 0) is 24.5 Å². The third-order valence-corrected chi connectivity index (χ3v) is 1.87. The van der Waals surface area contributed by atoms with Gasteiger partial charge in [-0.2, -0.15) is 10.2 Å². The molecular weight excluding hydrogens is 162 g/mol. The first-order valence-corrected chi connectivity index (χ1v) is 4.70. The van der Waals surface area contributed by atoms with Crippen molar-refractivity contribution in [2.24, 2.45) is 11.7 Å². The maximum Gasteiger partial charge on any atom is 0.0646 e. The highest BCUT2D eigenvalue weighted by molar-refractivity contribution is 5.00. The number of hydrogen-bond acceptors (Lipinski definition) is 3. The van der Waals surface area contributed by atoms with E-state index < -0.39 is 0 Å². The Labute approximate surface area is 79.4 Å². The number of nitrogens with zero attached hydrogens (tertiary/aromatic N) is 2. The minimum Gasteiger partial charge on any atom is -0.327 e. The van der Waals surface area contributed by atoms with Crippen LogP contribution < -0.4 is 5.73 Å². The quantitative estimate of drug-likeness (QED) is 0.760. The van der Waals surface area contributed by atoms with E-state index in [4.69, 9.17) is 5.73 Å². The van der Waals surface area contributed by atoms with Gasteiger partial charge in [-0.15, -0.1) is 0 Å². The van der Waals surface area contributed by atoms with E-state index in [-0.39, 0.29) is 6.04 Å². The van der Waals surface area contributed by atoms with Crippen LogP contribution in [0.4, 0.5) is 0 Å². The van der Waals surface area contributed by atoms with Crippen LogP contribution in [0.3, 0.4) is 0 Å². The predicted octanol–water partition coefficient (Wildman–Crippen LogP) is 1.39. The van der Waals surface area contributed by atoms with E-state index in [9.17, 15) is 0 Å². The fourth-order valence-corrected chi connectivity index (χ4v) is 1.40. The predicted molar refractivity (Wildman–Crippen MR) is 53.2 cm³/mol. The number of rotatable bonds is 4. The summed E-state index contributed by atoms with van der Waals surface area (Å²) in [6.45, 7) is 4.35. The Morgan fingerprint density at radius 3 is 2.77 bits per heavy atom. The normalized spacial score (nSPS) is 13.2. The summed E-state index contributed by atoms with van der Waals surface area (Å²) in [5.74, 6) is 0.645. The summed E-state index contributed by atoms with van der Waals surface area (Å²) in [5.41, 5.74) is 6.92. The topological polar surface area (TPSA) is 51.8 Å². The first kappa shape index (κ1) is 10.1. The fourth-order valence-electron chi connectivity index (χ4n) is 1.40. The Morgan fingerprint density at radius 1 is 1.46 bits per heavy atom. The highest BCUT2D eigenvalue weighted by Gasteiger charge is 2.06. The second kappa shape index (κ2) is 4.92. The highest BCUT2D eigenvalue weighted by Crippen LogP contribution is 2.06. The molecule has 13 heavy (non-hydrogen) atoms. The molecule has 72 valence electrons. The van der Waals surface area contributed by atoms with Crippen molar-refractivity contribution in [3.8, 4) is 0 Å². The van der Waals surface area contributed by atoms with Gasteiger partial charge >= 0.3 is 0 Å². The molecule has 1 rings (SSSR count). The molecule has 2 N–H and O–H groups in total. The second-order valence-corrected chi connectivity index (χ2v) is 3.81. The summed E-state index contributed by atoms with van der Waals surface area (Å²) in [7, 11) is 0. The van der Waals surface area contributed by atoms with E-state index in [2.05, 4.69) is 24.0 Å². The van der Waals surface area contributed by atoms with Crippen LogP contribution in [-0.4, -0.2) is 16.2 Å². The molecule has 1 unspecified atom stereocenters. The zero-order valence-corrected chi connectivity index (χ0v) is 8.27. The lowest BCUT2D eigenvalue weighted by Gasteiger charge is -2.12. The molecule has 3 nitrogen and oxygen atoms in total. The van der Waals surface area contributed by atoms with Crippen molar-refractivity contribution in [1.82, 2.24) is 10.2 Å². The zero-order valence-electron chi connectivity index (χ0n) is 8.27. The standard InChI is InChI=1S/C10H17N3/c1-8(2)6-9(11)7-10-4-3-5-12-13-10/h3-5,8-9H,6-7,11H2,1-2H3. The van der Waals surface area contributed by atoms with Gasteiger partial charge in [-0.3, -0.25) is 0 Å². The van der Waals surface area contributed by atoms with Crippen molar-refractivity contribution in [3.63, 3.8) is 0 Å². The van der Waals surface area contributed by atoms with E-state index in [1.807, 2.05) is 12.1 Å². The summed E-state index contributed by atoms with van der Waals surface area (Å²) in [5, 5.41) is 7.81. The molecule has 0 aromatic carbocycles. The van der Waals surface area contributed by atoms with Gasteiger partial charge in [-0.1, -0.05) is 13.8 Å². The van der Waals surface area contributed by atoms with Crippen molar-refractivity contribution in [2.75, 3.05) is 0 Å². The Kier molecular flexibility index (Phi) is 3.83. The summed E-state index contributed by atoms with van der Waals surface area (Å²) in [6, 6.07) is 4.06. The number of aromatic nitrogens is 2. The third kappa shape index (κ3) is 3.99. The summed E-state index contributed by atoms with van der Waals surface area (Å²) in [4.78, 5) is 0. The van der Waals surface area contributed by atoms with Gasteiger partial charge in [0.1, 0.15) is 0 Å². The molecule has 3 heteroatoms. The van der Waals surface area contributed by atoms with Gasteiger partial charge in [0.25, 0.3) is 0 Å². The molecule has 0 aliphatic heterocycles. The van der Waals surface area contributed by atoms with E-state index in [1.54, 1.807) is 6.20 Å². The molecule has 0 aliphatic carbocycles. The van der Waals surface area contributed by atoms with Crippen LogP contribution in [0.25, 0.3) is 0 Å². The van der Waals surface area contributed by atoms with Crippen LogP contribution in [0.5, 0.6) is 0 Å². The number of hydrogen-bond donors (Lipinski definition) is 1. The molecule has 0 amide bonds. The zero-order chi connectivity index (χ0) is 9.68. The van der Waals surface area contributed by atoms with Gasteiger partial charge in [-0.25, -0.2) is 0 Å². The molecule has 0 bridgehead atoms. The van der Waals surface area contributed by atoms with Crippen molar-refractivity contribution >= 4 is 0 Å². The van der Waals surface area contributed by atoms with Crippen LogP contribution >= 0.6 is 0 Å². The van der Waals surface area contributed by atoms with Crippen LogP contribution in [-0.2, 0) is 6.42 Å². The van der Waals surface area contributed by atoms with Gasteiger partial charge < -0.3 is 5.73 Å². The first-order chi connectivity index (χ1) is 6.18. The van der Waals surface area contributed by atoms with Crippen LogP contribution in [0.1, 0.15) is 26.0 Å². The minimum atomic E-state index is 0.205. The lowest BCUT2D eigenvalue weighted by atomic mass is 10.0. The Morgan fingerprint density at radius 2 is 2.23 bits per heavy atom. The molecular formula is C10H17N3. The highest BCUT2D eigenvalue weighted by atomic mass is 15.1. The molecule has 1 aromatic heterocycles. The fraction of sp³-hybridized carbons (Fsp3) is 0.600. The largest absolute Gasteiger partial charge is 0.327 e. The Bertz CT molecular complexity index is 233. The average Bonchev–Trinajstić information content (AvgIpc) is 2.04. The van der Waals surface area contributed by atoms with Crippen molar-refractivity contribution < 1.29 is 0 Å². The van der Waals surface area contributed by atoms with Gasteiger partial charge in [0, 0.05) is 18.7 Å². The summed E-state index contributed by atoms with van der Waals surface area (Å²) in [6.07, 6.45) is 3.54. The van der Waals surface area contributed by atoms with Crippen molar-refractivity contribution in [2.45, 2.75) is 32.7 Å². The maximum atomic E-state index is 5.94. The maximum absolute atomic E-state index is 5.94. The average molecular weight is 179 g/mol. The molecule has 0 spiro atoms. The van der Waals surface area contributed by atoms with Crippen LogP contribution in [0, 0.1) is 5.92 Å². The van der Waals surface area contributed by atoms with Crippen LogP contribution in [0.2, 0.25) is 0 Å². The summed E-state index contributed by atoms with van der Waals surface area (Å²) >= 11 is 0.